The van der Waals surface area contributed by atoms with Crippen molar-refractivity contribution < 1.29 is 14.4 Å². The van der Waals surface area contributed by atoms with Crippen LogP contribution in [0.15, 0.2) is 60.0 Å². The van der Waals surface area contributed by atoms with E-state index in [1.54, 1.807) is 13.3 Å². The van der Waals surface area contributed by atoms with Gasteiger partial charge in [0, 0.05) is 0 Å². The van der Waals surface area contributed by atoms with Gasteiger partial charge in [-0.1, -0.05) is 54.2 Å². The van der Waals surface area contributed by atoms with Gasteiger partial charge in [0.25, 0.3) is 5.91 Å². The molecule has 0 saturated carbocycles. The van der Waals surface area contributed by atoms with Crippen LogP contribution in [-0.4, -0.2) is 48.9 Å². The van der Waals surface area contributed by atoms with E-state index in [2.05, 4.69) is 20.9 Å². The number of nitrogens with zero attached hydrogens (tertiary/aromatic N) is 4. The quantitative estimate of drug-likeness (QED) is 0.381. The zero-order valence-corrected chi connectivity index (χ0v) is 20.1. The topological polar surface area (TPSA) is 109 Å². The number of aromatic nitrogens is 3. The molecule has 3 aromatic rings. The number of hydrogen-bond acceptors (Lipinski definition) is 6. The second-order valence-electron chi connectivity index (χ2n) is 8.49. The molecule has 2 heterocycles. The van der Waals surface area contributed by atoms with Gasteiger partial charge >= 0.3 is 6.03 Å². The highest BCUT2D eigenvalue weighted by molar-refractivity contribution is 7.99. The van der Waals surface area contributed by atoms with E-state index < -0.39 is 23.4 Å². The fraction of sp³-hybridized carbons (Fsp3) is 0.292. The molecule has 0 spiro atoms. The van der Waals surface area contributed by atoms with Crippen LogP contribution in [0.1, 0.15) is 30.0 Å². The van der Waals surface area contributed by atoms with Crippen LogP contribution < -0.4 is 10.7 Å². The first-order valence-electron chi connectivity index (χ1n) is 10.9. The summed E-state index contributed by atoms with van der Waals surface area (Å²) in [6.07, 6.45) is 2.63. The predicted octanol–water partition coefficient (Wildman–Crippen LogP) is 2.95. The number of hydrazine groups is 1. The van der Waals surface area contributed by atoms with Crippen molar-refractivity contribution in [2.75, 3.05) is 5.75 Å². The molecule has 1 aliphatic rings. The molecule has 4 amide bonds. The summed E-state index contributed by atoms with van der Waals surface area (Å²) >= 11 is 1.17. The monoisotopic (exact) mass is 478 g/mol. The molecule has 4 rings (SSSR count). The number of benzene rings is 2. The Morgan fingerprint density at radius 3 is 2.68 bits per heavy atom. The maximum atomic E-state index is 12.9. The number of aryl methyl sites for hydroxylation is 3. The number of hydrogen-bond donors (Lipinski definition) is 2. The molecule has 2 N–H and O–H groups in total. The first-order chi connectivity index (χ1) is 16.3. The summed E-state index contributed by atoms with van der Waals surface area (Å²) in [5.74, 6) is -1.01. The van der Waals surface area contributed by atoms with Gasteiger partial charge in [-0.15, -0.1) is 10.2 Å². The maximum absolute atomic E-state index is 12.9. The molecule has 1 aromatic heterocycles. The molecular formula is C24H26N6O3S. The summed E-state index contributed by atoms with van der Waals surface area (Å²) in [6, 6.07) is 15.1. The second-order valence-corrected chi connectivity index (χ2v) is 9.43. The molecule has 2 aromatic carbocycles. The summed E-state index contributed by atoms with van der Waals surface area (Å²) in [7, 11) is 0. The van der Waals surface area contributed by atoms with Crippen LogP contribution in [0.2, 0.25) is 0 Å². The fourth-order valence-corrected chi connectivity index (χ4v) is 4.46. The normalized spacial score (nSPS) is 17.7. The molecule has 1 aliphatic heterocycles. The van der Waals surface area contributed by atoms with E-state index in [1.807, 2.05) is 66.9 Å². The van der Waals surface area contributed by atoms with Crippen molar-refractivity contribution in [2.45, 2.75) is 44.3 Å². The highest BCUT2D eigenvalue weighted by atomic mass is 32.2. The first-order valence-corrected chi connectivity index (χ1v) is 11.9. The van der Waals surface area contributed by atoms with Crippen LogP contribution in [-0.2, 0) is 16.0 Å². The lowest BCUT2D eigenvalue weighted by atomic mass is 9.93. The van der Waals surface area contributed by atoms with Crippen LogP contribution in [0.4, 0.5) is 4.79 Å². The van der Waals surface area contributed by atoms with Gasteiger partial charge in [-0.3, -0.25) is 19.6 Å². The zero-order valence-electron chi connectivity index (χ0n) is 19.2. The van der Waals surface area contributed by atoms with Crippen molar-refractivity contribution in [1.82, 2.24) is 30.5 Å². The predicted molar refractivity (Wildman–Crippen MR) is 128 cm³/mol. The molecule has 0 bridgehead atoms. The molecule has 0 radical (unpaired) electrons. The molecule has 34 heavy (non-hydrogen) atoms. The summed E-state index contributed by atoms with van der Waals surface area (Å²) < 4.78 is 1.81. The van der Waals surface area contributed by atoms with Crippen molar-refractivity contribution in [3.8, 4) is 5.69 Å². The van der Waals surface area contributed by atoms with Gasteiger partial charge in [0.2, 0.25) is 5.91 Å². The highest BCUT2D eigenvalue weighted by Gasteiger charge is 2.48. The van der Waals surface area contributed by atoms with Crippen LogP contribution in [0, 0.1) is 13.8 Å². The number of thioether (sulfide) groups is 1. The molecule has 0 aliphatic carbocycles. The summed E-state index contributed by atoms with van der Waals surface area (Å²) in [5.41, 5.74) is 5.48. The van der Waals surface area contributed by atoms with Gasteiger partial charge in [0.1, 0.15) is 11.9 Å². The lowest BCUT2D eigenvalue weighted by molar-refractivity contribution is -0.138. The van der Waals surface area contributed by atoms with Crippen molar-refractivity contribution in [1.29, 1.82) is 0 Å². The fourth-order valence-electron chi connectivity index (χ4n) is 3.75. The van der Waals surface area contributed by atoms with Crippen molar-refractivity contribution in [3.63, 3.8) is 0 Å². The molecule has 1 saturated heterocycles. The van der Waals surface area contributed by atoms with E-state index in [1.165, 1.54) is 11.8 Å². The van der Waals surface area contributed by atoms with E-state index in [9.17, 15) is 14.4 Å². The lowest BCUT2D eigenvalue weighted by Crippen LogP contribution is -2.49. The summed E-state index contributed by atoms with van der Waals surface area (Å²) in [4.78, 5) is 37.9. The van der Waals surface area contributed by atoms with Crippen LogP contribution in [0.25, 0.3) is 5.69 Å². The van der Waals surface area contributed by atoms with Crippen LogP contribution in [0.3, 0.4) is 0 Å². The van der Waals surface area contributed by atoms with Crippen molar-refractivity contribution in [3.05, 3.63) is 71.5 Å². The Morgan fingerprint density at radius 1 is 1.15 bits per heavy atom. The Bertz CT molecular complexity index is 1230. The standard InChI is InChI=1S/C24H26N6O3S/c1-16-9-10-17(2)19(13-16)29-15-25-27-23(29)34-14-20(31)28-30-21(32)24(3,26-22(30)33)12-11-18-7-5-4-6-8-18/h4-10,13,15H,11-12,14H2,1-3H3,(H,26,33)(H,28,31)/t24-/m0/s1. The third-order valence-electron chi connectivity index (χ3n) is 5.73. The smallest absolute Gasteiger partial charge is 0.322 e. The zero-order chi connectivity index (χ0) is 24.3. The van der Waals surface area contributed by atoms with Crippen molar-refractivity contribution >= 4 is 29.6 Å². The Hall–Kier alpha value is -3.66. The molecule has 1 atom stereocenters. The number of carbonyl (C=O) groups excluding carboxylic acids is 3. The number of amides is 4. The minimum Gasteiger partial charge on any atom is -0.322 e. The average molecular weight is 479 g/mol. The van der Waals surface area contributed by atoms with Crippen LogP contribution in [0.5, 0.6) is 0 Å². The largest absolute Gasteiger partial charge is 0.344 e. The van der Waals surface area contributed by atoms with E-state index in [-0.39, 0.29) is 5.75 Å². The number of rotatable bonds is 8. The minimum absolute atomic E-state index is 0.0403. The van der Waals surface area contributed by atoms with E-state index in [0.29, 0.717) is 18.0 Å². The van der Waals surface area contributed by atoms with Gasteiger partial charge < -0.3 is 5.32 Å². The lowest BCUT2D eigenvalue weighted by Gasteiger charge is -2.21. The van der Waals surface area contributed by atoms with E-state index in [0.717, 1.165) is 27.4 Å². The Kier molecular flexibility index (Phi) is 6.69. The third-order valence-corrected chi connectivity index (χ3v) is 6.67. The number of imide groups is 1. The SMILES string of the molecule is Cc1ccc(C)c(-n2cnnc2SCC(=O)NN2C(=O)N[C@@](C)(CCc3ccccc3)C2=O)c1. The van der Waals surface area contributed by atoms with Crippen molar-refractivity contribution in [2.24, 2.45) is 0 Å². The Balaban J connectivity index is 1.37. The van der Waals surface area contributed by atoms with Gasteiger partial charge in [-0.2, -0.15) is 5.01 Å². The first kappa shape index (κ1) is 23.5. The number of carbonyl (C=O) groups is 3. The third kappa shape index (κ3) is 4.96. The van der Waals surface area contributed by atoms with E-state index in [4.69, 9.17) is 0 Å². The minimum atomic E-state index is -1.09. The number of urea groups is 1. The highest BCUT2D eigenvalue weighted by Crippen LogP contribution is 2.24. The second kappa shape index (κ2) is 9.68. The van der Waals surface area contributed by atoms with Crippen LogP contribution >= 0.6 is 11.8 Å². The molecule has 10 heteroatoms. The summed E-state index contributed by atoms with van der Waals surface area (Å²) in [5, 5.41) is 12.1. The molecule has 9 nitrogen and oxygen atoms in total. The summed E-state index contributed by atoms with van der Waals surface area (Å²) in [6.45, 7) is 5.66. The van der Waals surface area contributed by atoms with Gasteiger partial charge in [0.05, 0.1) is 11.4 Å². The Morgan fingerprint density at radius 2 is 1.91 bits per heavy atom. The molecule has 1 fully saturated rings. The van der Waals surface area contributed by atoms with E-state index >= 15 is 0 Å². The molecular weight excluding hydrogens is 452 g/mol. The average Bonchev–Trinajstić information content (AvgIpc) is 3.37. The number of nitrogens with one attached hydrogen (secondary N) is 2. The van der Waals surface area contributed by atoms with Gasteiger partial charge in [-0.05, 0) is 56.4 Å². The molecule has 176 valence electrons. The van der Waals surface area contributed by atoms with Gasteiger partial charge in [-0.25, -0.2) is 4.79 Å². The maximum Gasteiger partial charge on any atom is 0.344 e. The molecule has 0 unspecified atom stereocenters. The Labute approximate surface area is 201 Å². The van der Waals surface area contributed by atoms with Gasteiger partial charge in [0.15, 0.2) is 5.16 Å².